The van der Waals surface area contributed by atoms with E-state index in [4.69, 9.17) is 4.74 Å². The van der Waals surface area contributed by atoms with Gasteiger partial charge in [-0.15, -0.1) is 13.2 Å². The van der Waals surface area contributed by atoms with Crippen LogP contribution in [-0.2, 0) is 6.42 Å². The van der Waals surface area contributed by atoms with Crippen LogP contribution in [0.1, 0.15) is 16.1 Å². The number of carboxylic acids is 1. The molecule has 0 spiro atoms. The summed E-state index contributed by atoms with van der Waals surface area (Å²) in [6.45, 7) is 0.191. The van der Waals surface area contributed by atoms with Gasteiger partial charge in [0.05, 0.1) is 17.8 Å². The predicted octanol–water partition coefficient (Wildman–Crippen LogP) is 6.00. The zero-order valence-electron chi connectivity index (χ0n) is 18.5. The minimum Gasteiger partial charge on any atom is -0.493 e. The first kappa shape index (κ1) is 23.2. The molecule has 0 radical (unpaired) electrons. The number of H-pyrrole nitrogens is 1. The highest BCUT2D eigenvalue weighted by atomic mass is 19.4. The molecule has 2 aromatic carbocycles. The number of halogens is 3. The zero-order chi connectivity index (χ0) is 25.3. The van der Waals surface area contributed by atoms with Gasteiger partial charge in [0.2, 0.25) is 0 Å². The van der Waals surface area contributed by atoms with Crippen LogP contribution in [0.3, 0.4) is 0 Å². The van der Waals surface area contributed by atoms with Gasteiger partial charge < -0.3 is 19.6 Å². The Kier molecular flexibility index (Phi) is 5.93. The number of benzene rings is 2. The molecular weight excluding hydrogens is 475 g/mol. The van der Waals surface area contributed by atoms with Gasteiger partial charge in [0.25, 0.3) is 0 Å². The quantitative estimate of drug-likeness (QED) is 0.289. The van der Waals surface area contributed by atoms with E-state index in [9.17, 15) is 23.1 Å². The Balaban J connectivity index is 1.42. The Morgan fingerprint density at radius 3 is 2.53 bits per heavy atom. The Morgan fingerprint density at radius 1 is 1.00 bits per heavy atom. The number of carboxylic acid groups (broad SMARTS) is 1. The molecule has 5 aromatic rings. The lowest BCUT2D eigenvalue weighted by atomic mass is 10.00. The average molecular weight is 493 g/mol. The standard InChI is InChI=1S/C26H18F3N3O4/c27-26(28,29)36-18-6-4-17(5-7-18)35-11-9-16-14-31-24(21-12-22(25(33)34)32-23(16)21)20-3-1-2-15-13-30-10-8-19(15)20/h1-8,10,12-14,32H,9,11H2,(H,33,34). The fourth-order valence-corrected chi connectivity index (χ4v) is 4.04. The molecule has 36 heavy (non-hydrogen) atoms. The van der Waals surface area contributed by atoms with Gasteiger partial charge in [0, 0.05) is 41.3 Å². The van der Waals surface area contributed by atoms with E-state index in [1.165, 1.54) is 24.3 Å². The van der Waals surface area contributed by atoms with Crippen LogP contribution < -0.4 is 9.47 Å². The molecule has 0 saturated carbocycles. The van der Waals surface area contributed by atoms with E-state index in [0.29, 0.717) is 28.8 Å². The van der Waals surface area contributed by atoms with Crippen LogP contribution in [-0.4, -0.2) is 39.0 Å². The molecule has 0 aliphatic carbocycles. The number of nitrogens with one attached hydrogen (secondary N) is 1. The summed E-state index contributed by atoms with van der Waals surface area (Å²) in [5, 5.41) is 12.1. The number of ether oxygens (including phenoxy) is 2. The second-order valence-electron chi connectivity index (χ2n) is 7.93. The number of alkyl halides is 3. The topological polar surface area (TPSA) is 97.3 Å². The van der Waals surface area contributed by atoms with Crippen molar-refractivity contribution in [3.05, 3.63) is 84.4 Å². The molecular formula is C26H18F3N3O4. The van der Waals surface area contributed by atoms with Crippen LogP contribution >= 0.6 is 0 Å². The normalized spacial score (nSPS) is 11.6. The van der Waals surface area contributed by atoms with Crippen LogP contribution in [0.5, 0.6) is 11.5 Å². The van der Waals surface area contributed by atoms with Crippen LogP contribution in [0.2, 0.25) is 0 Å². The molecule has 0 amide bonds. The number of nitrogens with zero attached hydrogens (tertiary/aromatic N) is 2. The monoisotopic (exact) mass is 493 g/mol. The number of hydrogen-bond acceptors (Lipinski definition) is 5. The van der Waals surface area contributed by atoms with E-state index in [0.717, 1.165) is 21.9 Å². The van der Waals surface area contributed by atoms with Crippen molar-refractivity contribution in [1.82, 2.24) is 15.0 Å². The molecule has 5 rings (SSSR count). The van der Waals surface area contributed by atoms with Gasteiger partial charge in [-0.3, -0.25) is 9.97 Å². The first-order valence-electron chi connectivity index (χ1n) is 10.8. The summed E-state index contributed by atoms with van der Waals surface area (Å²) in [7, 11) is 0. The number of carbonyl (C=O) groups is 1. The molecule has 0 aliphatic heterocycles. The number of aromatic carboxylic acids is 1. The third-order valence-corrected chi connectivity index (χ3v) is 5.61. The van der Waals surface area contributed by atoms with Gasteiger partial charge >= 0.3 is 12.3 Å². The maximum atomic E-state index is 12.3. The molecule has 182 valence electrons. The lowest BCUT2D eigenvalue weighted by Crippen LogP contribution is -2.17. The summed E-state index contributed by atoms with van der Waals surface area (Å²) in [6.07, 6.45) is 0.730. The van der Waals surface area contributed by atoms with Crippen molar-refractivity contribution in [2.24, 2.45) is 0 Å². The highest BCUT2D eigenvalue weighted by Crippen LogP contribution is 2.34. The summed E-state index contributed by atoms with van der Waals surface area (Å²) < 4.78 is 46.5. The summed E-state index contributed by atoms with van der Waals surface area (Å²) in [5.74, 6) is -1.07. The van der Waals surface area contributed by atoms with Crippen molar-refractivity contribution < 1.29 is 32.5 Å². The number of fused-ring (bicyclic) bond motifs is 2. The van der Waals surface area contributed by atoms with Crippen LogP contribution in [0.25, 0.3) is 32.9 Å². The largest absolute Gasteiger partial charge is 0.573 e. The van der Waals surface area contributed by atoms with E-state index in [2.05, 4.69) is 19.7 Å². The lowest BCUT2D eigenvalue weighted by Gasteiger charge is -2.11. The SMILES string of the molecule is O=C(O)c1cc2c(-c3cccc4cnccc34)ncc(CCOc3ccc(OC(F)(F)F)cc3)c2[nH]1. The van der Waals surface area contributed by atoms with E-state index in [1.807, 2.05) is 24.3 Å². The number of aromatic amines is 1. The molecule has 0 saturated heterocycles. The fourth-order valence-electron chi connectivity index (χ4n) is 4.04. The molecule has 3 heterocycles. The van der Waals surface area contributed by atoms with E-state index < -0.39 is 12.3 Å². The maximum Gasteiger partial charge on any atom is 0.573 e. The Labute approximate surface area is 202 Å². The van der Waals surface area contributed by atoms with E-state index >= 15 is 0 Å². The Morgan fingerprint density at radius 2 is 1.78 bits per heavy atom. The van der Waals surface area contributed by atoms with Crippen molar-refractivity contribution in [3.63, 3.8) is 0 Å². The first-order chi connectivity index (χ1) is 17.3. The van der Waals surface area contributed by atoms with Crippen molar-refractivity contribution >= 4 is 27.6 Å². The van der Waals surface area contributed by atoms with Crippen LogP contribution in [0, 0.1) is 0 Å². The number of pyridine rings is 2. The zero-order valence-corrected chi connectivity index (χ0v) is 18.5. The summed E-state index contributed by atoms with van der Waals surface area (Å²) in [6, 6.07) is 14.3. The lowest BCUT2D eigenvalue weighted by molar-refractivity contribution is -0.274. The third-order valence-electron chi connectivity index (χ3n) is 5.61. The molecule has 0 atom stereocenters. The van der Waals surface area contributed by atoms with E-state index in [-0.39, 0.29) is 18.1 Å². The molecule has 10 heteroatoms. The summed E-state index contributed by atoms with van der Waals surface area (Å²) in [5.41, 5.74) is 2.88. The first-order valence-corrected chi connectivity index (χ1v) is 10.8. The molecule has 3 aromatic heterocycles. The Bertz CT molecular complexity index is 1560. The van der Waals surface area contributed by atoms with E-state index in [1.54, 1.807) is 24.7 Å². The van der Waals surface area contributed by atoms with Crippen LogP contribution in [0.15, 0.2) is 73.2 Å². The second-order valence-corrected chi connectivity index (χ2v) is 7.93. The fraction of sp³-hybridized carbons (Fsp3) is 0.115. The van der Waals surface area contributed by atoms with Gasteiger partial charge in [0.1, 0.15) is 17.2 Å². The third kappa shape index (κ3) is 4.78. The van der Waals surface area contributed by atoms with Crippen molar-refractivity contribution in [3.8, 4) is 22.8 Å². The Hall–Kier alpha value is -4.60. The number of rotatable bonds is 7. The molecule has 0 bridgehead atoms. The van der Waals surface area contributed by atoms with Gasteiger partial charge in [-0.1, -0.05) is 18.2 Å². The molecule has 0 fully saturated rings. The molecule has 0 aliphatic rings. The van der Waals surface area contributed by atoms with Gasteiger partial charge in [-0.25, -0.2) is 4.79 Å². The molecule has 7 nitrogen and oxygen atoms in total. The van der Waals surface area contributed by atoms with Crippen LogP contribution in [0.4, 0.5) is 13.2 Å². The average Bonchev–Trinajstić information content (AvgIpc) is 3.30. The van der Waals surface area contributed by atoms with Gasteiger partial charge in [-0.05, 0) is 47.3 Å². The highest BCUT2D eigenvalue weighted by molar-refractivity contribution is 6.06. The summed E-state index contributed by atoms with van der Waals surface area (Å²) >= 11 is 0. The minimum atomic E-state index is -4.76. The number of hydrogen-bond donors (Lipinski definition) is 2. The highest BCUT2D eigenvalue weighted by Gasteiger charge is 2.31. The minimum absolute atomic E-state index is 0.0311. The second kappa shape index (κ2) is 9.21. The summed E-state index contributed by atoms with van der Waals surface area (Å²) in [4.78, 5) is 23.5. The number of aromatic nitrogens is 3. The molecule has 0 unspecified atom stereocenters. The van der Waals surface area contributed by atoms with Crippen molar-refractivity contribution in [1.29, 1.82) is 0 Å². The van der Waals surface area contributed by atoms with Gasteiger partial charge in [-0.2, -0.15) is 0 Å². The predicted molar refractivity (Wildman–Crippen MR) is 126 cm³/mol. The van der Waals surface area contributed by atoms with Crippen molar-refractivity contribution in [2.75, 3.05) is 6.61 Å². The smallest absolute Gasteiger partial charge is 0.493 e. The molecule has 2 N–H and O–H groups in total. The maximum absolute atomic E-state index is 12.3. The van der Waals surface area contributed by atoms with Crippen molar-refractivity contribution in [2.45, 2.75) is 12.8 Å². The van der Waals surface area contributed by atoms with Gasteiger partial charge in [0.15, 0.2) is 0 Å².